The Morgan fingerprint density at radius 3 is 2.88 bits per heavy atom. The molecule has 0 aromatic carbocycles. The van der Waals surface area contributed by atoms with E-state index in [1.54, 1.807) is 24.4 Å². The van der Waals surface area contributed by atoms with Crippen LogP contribution in [0.4, 0.5) is 16.0 Å². The minimum absolute atomic E-state index is 0.0751. The van der Waals surface area contributed by atoms with E-state index in [4.69, 9.17) is 0 Å². The molecule has 0 radical (unpaired) electrons. The van der Waals surface area contributed by atoms with Crippen LogP contribution in [-0.2, 0) is 10.0 Å². The largest absolute Gasteiger partial charge is 0.476 e. The van der Waals surface area contributed by atoms with Gasteiger partial charge in [0.15, 0.2) is 10.8 Å². The number of hydrogen-bond acceptors (Lipinski definition) is 8. The molecule has 26 heavy (non-hydrogen) atoms. The molecular weight excluding hydrogens is 378 g/mol. The number of thiazole rings is 1. The van der Waals surface area contributed by atoms with Crippen LogP contribution in [0.5, 0.6) is 0 Å². The number of carbonyl (C=O) groups is 1. The molecule has 1 saturated heterocycles. The summed E-state index contributed by atoms with van der Waals surface area (Å²) >= 11 is 1.21. The molecule has 3 rings (SSSR count). The molecule has 0 aliphatic carbocycles. The van der Waals surface area contributed by atoms with Crippen LogP contribution >= 0.6 is 11.3 Å². The summed E-state index contributed by atoms with van der Waals surface area (Å²) in [6.07, 6.45) is 4.27. The van der Waals surface area contributed by atoms with E-state index in [9.17, 15) is 18.3 Å². The first kappa shape index (κ1) is 18.5. The number of nitrogens with one attached hydrogen (secondary N) is 2. The number of piperidine rings is 1. The molecule has 2 aromatic rings. The average Bonchev–Trinajstić information content (AvgIpc) is 2.99. The first-order valence-corrected chi connectivity index (χ1v) is 10.7. The van der Waals surface area contributed by atoms with Gasteiger partial charge in [-0.05, 0) is 25.0 Å². The van der Waals surface area contributed by atoms with Gasteiger partial charge in [-0.3, -0.25) is 0 Å². The van der Waals surface area contributed by atoms with Crippen molar-refractivity contribution in [2.45, 2.75) is 18.9 Å². The highest BCUT2D eigenvalue weighted by Crippen LogP contribution is 2.34. The van der Waals surface area contributed by atoms with E-state index < -0.39 is 16.0 Å². The van der Waals surface area contributed by atoms with Gasteiger partial charge in [-0.2, -0.15) is 0 Å². The third kappa shape index (κ3) is 4.68. The molecular formula is C15H19N5O4S2. The van der Waals surface area contributed by atoms with Crippen LogP contribution in [0, 0.1) is 0 Å². The minimum atomic E-state index is -3.29. The molecule has 1 aliphatic heterocycles. The van der Waals surface area contributed by atoms with Gasteiger partial charge in [0.1, 0.15) is 10.8 Å². The summed E-state index contributed by atoms with van der Waals surface area (Å²) in [5.41, 5.74) is -0.0751. The lowest BCUT2D eigenvalue weighted by Crippen LogP contribution is -2.47. The first-order valence-electron chi connectivity index (χ1n) is 7.96. The van der Waals surface area contributed by atoms with E-state index in [1.165, 1.54) is 11.3 Å². The highest BCUT2D eigenvalue weighted by atomic mass is 32.2. The van der Waals surface area contributed by atoms with Crippen LogP contribution in [0.2, 0.25) is 0 Å². The molecule has 1 fully saturated rings. The van der Waals surface area contributed by atoms with E-state index in [0.29, 0.717) is 29.0 Å². The summed E-state index contributed by atoms with van der Waals surface area (Å²) in [6, 6.07) is 5.08. The van der Waals surface area contributed by atoms with Crippen molar-refractivity contribution in [1.82, 2.24) is 14.7 Å². The van der Waals surface area contributed by atoms with E-state index in [2.05, 4.69) is 20.0 Å². The predicted octanol–water partition coefficient (Wildman–Crippen LogP) is 1.50. The molecule has 0 saturated carbocycles. The quantitative estimate of drug-likeness (QED) is 0.670. The lowest BCUT2D eigenvalue weighted by atomic mass is 10.1. The number of carboxylic acid groups (broad SMARTS) is 1. The fraction of sp³-hybridized carbons (Fsp3) is 0.400. The molecule has 140 valence electrons. The molecule has 0 amide bonds. The van der Waals surface area contributed by atoms with Gasteiger partial charge in [0.2, 0.25) is 10.0 Å². The Morgan fingerprint density at radius 2 is 2.23 bits per heavy atom. The average molecular weight is 397 g/mol. The number of hydrogen-bond donors (Lipinski definition) is 3. The molecule has 2 aromatic heterocycles. The second kappa shape index (κ2) is 7.56. The van der Waals surface area contributed by atoms with E-state index in [0.717, 1.165) is 19.1 Å². The van der Waals surface area contributed by atoms with Crippen molar-refractivity contribution in [3.05, 3.63) is 30.1 Å². The Labute approximate surface area is 155 Å². The van der Waals surface area contributed by atoms with Crippen LogP contribution in [0.3, 0.4) is 0 Å². The second-order valence-corrected chi connectivity index (χ2v) is 8.75. The molecule has 0 unspecified atom stereocenters. The summed E-state index contributed by atoms with van der Waals surface area (Å²) in [6.45, 7) is 1.14. The standard InChI is InChI=1S/C15H19N5O4S2/c1-26(23,24)19-10-5-4-8-20(9-10)15-18-12(14(21)22)13(25-15)17-11-6-2-3-7-16-11/h2-3,6-7,10,19H,4-5,8-9H2,1H3,(H,16,17)(H,21,22)/t10-/m1/s1. The zero-order valence-corrected chi connectivity index (χ0v) is 15.7. The van der Waals surface area contributed by atoms with Gasteiger partial charge in [0.25, 0.3) is 0 Å². The van der Waals surface area contributed by atoms with Gasteiger partial charge in [-0.25, -0.2) is 27.9 Å². The Bertz CT molecular complexity index is 885. The van der Waals surface area contributed by atoms with Crippen molar-refractivity contribution in [1.29, 1.82) is 0 Å². The van der Waals surface area contributed by atoms with Crippen LogP contribution < -0.4 is 14.9 Å². The minimum Gasteiger partial charge on any atom is -0.476 e. The lowest BCUT2D eigenvalue weighted by Gasteiger charge is -2.32. The van der Waals surface area contributed by atoms with Crippen LogP contribution in [0.25, 0.3) is 0 Å². The predicted molar refractivity (Wildman–Crippen MR) is 99.8 cm³/mol. The summed E-state index contributed by atoms with van der Waals surface area (Å²) < 4.78 is 25.5. The molecule has 3 N–H and O–H groups in total. The van der Waals surface area contributed by atoms with Gasteiger partial charge in [0, 0.05) is 25.3 Å². The Morgan fingerprint density at radius 1 is 1.42 bits per heavy atom. The second-order valence-electron chi connectivity index (χ2n) is 5.99. The van der Waals surface area contributed by atoms with Gasteiger partial charge < -0.3 is 15.3 Å². The number of nitrogens with zero attached hydrogens (tertiary/aromatic N) is 3. The molecule has 3 heterocycles. The normalized spacial score (nSPS) is 17.9. The number of pyridine rings is 1. The highest BCUT2D eigenvalue weighted by Gasteiger charge is 2.27. The Balaban J connectivity index is 1.81. The smallest absolute Gasteiger partial charge is 0.357 e. The van der Waals surface area contributed by atoms with Crippen LogP contribution in [-0.4, -0.2) is 54.8 Å². The number of sulfonamides is 1. The highest BCUT2D eigenvalue weighted by molar-refractivity contribution is 7.88. The summed E-state index contributed by atoms with van der Waals surface area (Å²) in [7, 11) is -3.29. The van der Waals surface area contributed by atoms with Gasteiger partial charge in [-0.1, -0.05) is 17.4 Å². The van der Waals surface area contributed by atoms with Crippen molar-refractivity contribution in [3.8, 4) is 0 Å². The fourth-order valence-corrected chi connectivity index (χ4v) is 4.57. The zero-order chi connectivity index (χ0) is 18.7. The van der Waals surface area contributed by atoms with Crippen LogP contribution in [0.15, 0.2) is 24.4 Å². The zero-order valence-electron chi connectivity index (χ0n) is 14.0. The SMILES string of the molecule is CS(=O)(=O)N[C@@H]1CCCN(c2nc(C(=O)O)c(Nc3ccccn3)s2)C1. The maximum absolute atomic E-state index is 11.5. The number of anilines is 3. The van der Waals surface area contributed by atoms with Crippen LogP contribution in [0.1, 0.15) is 23.3 Å². The molecule has 1 atom stereocenters. The van der Waals surface area contributed by atoms with Crippen molar-refractivity contribution >= 4 is 43.3 Å². The number of aromatic carboxylic acids is 1. The maximum Gasteiger partial charge on any atom is 0.357 e. The van der Waals surface area contributed by atoms with Crippen molar-refractivity contribution in [3.63, 3.8) is 0 Å². The number of rotatable bonds is 6. The molecule has 11 heteroatoms. The fourth-order valence-electron chi connectivity index (χ4n) is 2.78. The van der Waals surface area contributed by atoms with E-state index in [1.807, 2.05) is 4.90 Å². The summed E-state index contributed by atoms with van der Waals surface area (Å²) in [5.74, 6) is -0.603. The van der Waals surface area contributed by atoms with Gasteiger partial charge in [0.05, 0.1) is 6.26 Å². The van der Waals surface area contributed by atoms with Gasteiger partial charge in [-0.15, -0.1) is 0 Å². The Kier molecular flexibility index (Phi) is 5.39. The van der Waals surface area contributed by atoms with Gasteiger partial charge >= 0.3 is 5.97 Å². The topological polar surface area (TPSA) is 125 Å². The third-order valence-electron chi connectivity index (χ3n) is 3.80. The number of carboxylic acids is 1. The number of aromatic nitrogens is 2. The lowest BCUT2D eigenvalue weighted by molar-refractivity contribution is 0.0692. The Hall–Kier alpha value is -2.24. The summed E-state index contributed by atoms with van der Waals surface area (Å²) in [5, 5.41) is 13.4. The molecule has 0 bridgehead atoms. The first-order chi connectivity index (χ1) is 12.3. The maximum atomic E-state index is 11.5. The molecule has 1 aliphatic rings. The molecule has 0 spiro atoms. The van der Waals surface area contributed by atoms with Crippen molar-refractivity contribution < 1.29 is 18.3 Å². The summed E-state index contributed by atoms with van der Waals surface area (Å²) in [4.78, 5) is 21.8. The van der Waals surface area contributed by atoms with Crippen molar-refractivity contribution in [2.75, 3.05) is 29.6 Å². The van der Waals surface area contributed by atoms with E-state index >= 15 is 0 Å². The van der Waals surface area contributed by atoms with E-state index in [-0.39, 0.29) is 11.7 Å². The molecule has 9 nitrogen and oxygen atoms in total. The third-order valence-corrected chi connectivity index (χ3v) is 5.59. The monoisotopic (exact) mass is 397 g/mol. The van der Waals surface area contributed by atoms with Crippen molar-refractivity contribution in [2.24, 2.45) is 0 Å².